The van der Waals surface area contributed by atoms with Crippen molar-refractivity contribution in [3.05, 3.63) is 35.9 Å². The van der Waals surface area contributed by atoms with Gasteiger partial charge in [-0.25, -0.2) is 0 Å². The zero-order chi connectivity index (χ0) is 15.3. The summed E-state index contributed by atoms with van der Waals surface area (Å²) in [5.41, 5.74) is 3.87. The summed E-state index contributed by atoms with van der Waals surface area (Å²) < 4.78 is 13.0. The first-order valence-electron chi connectivity index (χ1n) is 7.92. The van der Waals surface area contributed by atoms with Gasteiger partial charge in [-0.3, -0.25) is 0 Å². The Bertz CT molecular complexity index is 494. The summed E-state index contributed by atoms with van der Waals surface area (Å²) in [6, 6.07) is 6.12. The van der Waals surface area contributed by atoms with Gasteiger partial charge in [-0.2, -0.15) is 3.89 Å². The predicted octanol–water partition coefficient (Wildman–Crippen LogP) is 6.26. The minimum Gasteiger partial charge on any atom is -0.385 e. The molecule has 0 unspecified atom stereocenters. The van der Waals surface area contributed by atoms with Crippen molar-refractivity contribution in [2.45, 2.75) is 62.7 Å². The van der Waals surface area contributed by atoms with Gasteiger partial charge in [-0.1, -0.05) is 32.4 Å². The SMILES string of the molecule is C=C(CC)CCCNc1cc(SF)cc(C2(C)CCC2)c1. The molecule has 1 saturated carbocycles. The molecule has 116 valence electrons. The minimum absolute atomic E-state index is 0.249. The van der Waals surface area contributed by atoms with E-state index in [1.54, 1.807) is 0 Å². The largest absolute Gasteiger partial charge is 0.385 e. The van der Waals surface area contributed by atoms with E-state index in [4.69, 9.17) is 0 Å². The molecule has 1 fully saturated rings. The first-order chi connectivity index (χ1) is 10.1. The van der Waals surface area contributed by atoms with E-state index in [9.17, 15) is 3.89 Å². The maximum atomic E-state index is 13.0. The Balaban J connectivity index is 1.98. The lowest BCUT2D eigenvalue weighted by molar-refractivity contribution is 0.272. The van der Waals surface area contributed by atoms with Gasteiger partial charge in [-0.05, 0) is 61.3 Å². The van der Waals surface area contributed by atoms with E-state index in [-0.39, 0.29) is 5.41 Å². The summed E-state index contributed by atoms with van der Waals surface area (Å²) >= 11 is 0.341. The van der Waals surface area contributed by atoms with Gasteiger partial charge >= 0.3 is 0 Å². The lowest BCUT2D eigenvalue weighted by atomic mass is 9.66. The summed E-state index contributed by atoms with van der Waals surface area (Å²) in [7, 11) is 0. The number of hydrogen-bond donors (Lipinski definition) is 1. The fraction of sp³-hybridized carbons (Fsp3) is 0.556. The summed E-state index contributed by atoms with van der Waals surface area (Å²) in [6.45, 7) is 9.37. The van der Waals surface area contributed by atoms with Crippen molar-refractivity contribution in [3.63, 3.8) is 0 Å². The summed E-state index contributed by atoms with van der Waals surface area (Å²) in [5.74, 6) is 0. The van der Waals surface area contributed by atoms with Gasteiger partial charge in [0.15, 0.2) is 0 Å². The molecule has 1 nitrogen and oxygen atoms in total. The molecule has 0 amide bonds. The predicted molar refractivity (Wildman–Crippen MR) is 91.8 cm³/mol. The molecule has 0 radical (unpaired) electrons. The molecule has 0 aromatic heterocycles. The highest BCUT2D eigenvalue weighted by Crippen LogP contribution is 2.45. The summed E-state index contributed by atoms with van der Waals surface area (Å²) in [4.78, 5) is 0.709. The molecule has 0 aliphatic heterocycles. The Morgan fingerprint density at radius 1 is 1.38 bits per heavy atom. The van der Waals surface area contributed by atoms with Crippen molar-refractivity contribution in [2.75, 3.05) is 11.9 Å². The van der Waals surface area contributed by atoms with E-state index in [0.717, 1.165) is 31.5 Å². The monoisotopic (exact) mass is 307 g/mol. The van der Waals surface area contributed by atoms with Gasteiger partial charge in [0.25, 0.3) is 0 Å². The van der Waals surface area contributed by atoms with E-state index in [0.29, 0.717) is 17.0 Å². The molecule has 1 aromatic rings. The quantitative estimate of drug-likeness (QED) is 0.449. The molecule has 0 bridgehead atoms. The number of benzene rings is 1. The highest BCUT2D eigenvalue weighted by atomic mass is 32.2. The zero-order valence-electron chi connectivity index (χ0n) is 13.2. The lowest BCUT2D eigenvalue weighted by Gasteiger charge is -2.39. The maximum absolute atomic E-state index is 13.0. The van der Waals surface area contributed by atoms with Crippen LogP contribution in [0.15, 0.2) is 35.2 Å². The van der Waals surface area contributed by atoms with Crippen molar-refractivity contribution in [3.8, 4) is 0 Å². The van der Waals surface area contributed by atoms with Crippen molar-refractivity contribution in [1.82, 2.24) is 0 Å². The highest BCUT2D eigenvalue weighted by Gasteiger charge is 2.33. The number of nitrogens with one attached hydrogen (secondary N) is 1. The van der Waals surface area contributed by atoms with Crippen LogP contribution in [-0.2, 0) is 5.41 Å². The normalized spacial score (nSPS) is 16.3. The molecule has 21 heavy (non-hydrogen) atoms. The molecular weight excluding hydrogens is 281 g/mol. The fourth-order valence-electron chi connectivity index (χ4n) is 2.84. The minimum atomic E-state index is 0.249. The van der Waals surface area contributed by atoms with Crippen LogP contribution in [0.3, 0.4) is 0 Å². The van der Waals surface area contributed by atoms with Crippen LogP contribution >= 0.6 is 12.1 Å². The van der Waals surface area contributed by atoms with Crippen LogP contribution in [0.1, 0.15) is 57.9 Å². The van der Waals surface area contributed by atoms with Crippen LogP contribution in [0, 0.1) is 0 Å². The summed E-state index contributed by atoms with van der Waals surface area (Å²) in [6.07, 6.45) is 6.89. The first-order valence-corrected chi connectivity index (χ1v) is 8.64. The van der Waals surface area contributed by atoms with Gasteiger partial charge in [0.1, 0.15) is 0 Å². The molecule has 1 aliphatic carbocycles. The zero-order valence-corrected chi connectivity index (χ0v) is 14.0. The van der Waals surface area contributed by atoms with Crippen LogP contribution in [-0.4, -0.2) is 6.54 Å². The molecule has 1 N–H and O–H groups in total. The average molecular weight is 307 g/mol. The molecule has 0 saturated heterocycles. The van der Waals surface area contributed by atoms with Gasteiger partial charge in [-0.15, -0.1) is 0 Å². The second-order valence-corrected chi connectivity index (χ2v) is 7.00. The van der Waals surface area contributed by atoms with Crippen LogP contribution < -0.4 is 5.32 Å². The Morgan fingerprint density at radius 2 is 2.14 bits per heavy atom. The van der Waals surface area contributed by atoms with Gasteiger partial charge < -0.3 is 5.32 Å². The van der Waals surface area contributed by atoms with Gasteiger partial charge in [0.2, 0.25) is 0 Å². The molecule has 2 rings (SSSR count). The maximum Gasteiger partial charge on any atom is 0.0813 e. The molecular formula is C18H26FNS. The van der Waals surface area contributed by atoms with E-state index in [1.165, 1.54) is 30.4 Å². The van der Waals surface area contributed by atoms with Crippen LogP contribution in [0.25, 0.3) is 0 Å². The van der Waals surface area contributed by atoms with Crippen LogP contribution in [0.4, 0.5) is 9.57 Å². The van der Waals surface area contributed by atoms with Crippen molar-refractivity contribution in [1.29, 1.82) is 0 Å². The second-order valence-electron chi connectivity index (χ2n) is 6.37. The number of rotatable bonds is 8. The number of anilines is 1. The molecule has 1 aromatic carbocycles. The third-order valence-corrected chi connectivity index (χ3v) is 5.10. The van der Waals surface area contributed by atoms with E-state index in [2.05, 4.69) is 31.8 Å². The van der Waals surface area contributed by atoms with Crippen LogP contribution in [0.2, 0.25) is 0 Å². The molecule has 0 atom stereocenters. The van der Waals surface area contributed by atoms with Gasteiger partial charge in [0, 0.05) is 17.1 Å². The number of halogens is 1. The Morgan fingerprint density at radius 3 is 2.71 bits per heavy atom. The third kappa shape index (κ3) is 4.26. The van der Waals surface area contributed by atoms with E-state index in [1.807, 2.05) is 12.1 Å². The van der Waals surface area contributed by atoms with Gasteiger partial charge in [0.05, 0.1) is 12.1 Å². The Labute approximate surface area is 132 Å². The number of hydrogen-bond acceptors (Lipinski definition) is 2. The molecule has 0 spiro atoms. The Hall–Kier alpha value is -0.960. The standard InChI is InChI=1S/C18H26FNS/c1-4-14(2)7-5-10-20-16-11-15(12-17(13-16)21-19)18(3)8-6-9-18/h11-13,20H,2,4-10H2,1,3H3. The van der Waals surface area contributed by atoms with E-state index >= 15 is 0 Å². The van der Waals surface area contributed by atoms with Crippen molar-refractivity contribution in [2.24, 2.45) is 0 Å². The summed E-state index contributed by atoms with van der Waals surface area (Å²) in [5, 5.41) is 3.44. The Kier molecular flexibility index (Phi) is 5.74. The van der Waals surface area contributed by atoms with Crippen molar-refractivity contribution < 1.29 is 3.89 Å². The molecule has 3 heteroatoms. The van der Waals surface area contributed by atoms with Crippen LogP contribution in [0.5, 0.6) is 0 Å². The lowest BCUT2D eigenvalue weighted by Crippen LogP contribution is -2.30. The first kappa shape index (κ1) is 16.4. The topological polar surface area (TPSA) is 12.0 Å². The third-order valence-electron chi connectivity index (χ3n) is 4.69. The number of allylic oxidation sites excluding steroid dienone is 1. The smallest absolute Gasteiger partial charge is 0.0813 e. The second kappa shape index (κ2) is 7.35. The average Bonchev–Trinajstić information content (AvgIpc) is 2.48. The van der Waals surface area contributed by atoms with Crippen molar-refractivity contribution >= 4 is 17.8 Å². The molecule has 1 aliphatic rings. The highest BCUT2D eigenvalue weighted by molar-refractivity contribution is 7.94. The molecule has 0 heterocycles. The van der Waals surface area contributed by atoms with E-state index < -0.39 is 0 Å². The fourth-order valence-corrected chi connectivity index (χ4v) is 3.18.